The van der Waals surface area contributed by atoms with Crippen LogP contribution in [0.4, 0.5) is 0 Å². The number of hydrogen-bond acceptors (Lipinski definition) is 3. The highest BCUT2D eigenvalue weighted by molar-refractivity contribution is 5.77. The minimum absolute atomic E-state index is 0.0684. The van der Waals surface area contributed by atoms with Crippen molar-refractivity contribution in [2.45, 2.75) is 12.8 Å². The first-order chi connectivity index (χ1) is 5.83. The smallest absolute Gasteiger partial charge is 0.246 e. The molecule has 1 aliphatic carbocycles. The molecule has 1 aliphatic rings. The highest BCUT2D eigenvalue weighted by Crippen LogP contribution is 2.28. The molecule has 0 unspecified atom stereocenters. The van der Waals surface area contributed by atoms with E-state index in [0.717, 1.165) is 6.61 Å². The Hall–Kier alpha value is -0.610. The summed E-state index contributed by atoms with van der Waals surface area (Å²) >= 11 is 0. The van der Waals surface area contributed by atoms with Crippen LogP contribution < -0.4 is 11.1 Å². The molecule has 1 fully saturated rings. The monoisotopic (exact) mass is 172 g/mol. The van der Waals surface area contributed by atoms with E-state index >= 15 is 0 Å². The zero-order valence-electron chi connectivity index (χ0n) is 7.21. The fourth-order valence-corrected chi connectivity index (χ4v) is 0.865. The van der Waals surface area contributed by atoms with Crippen LogP contribution in [0.3, 0.4) is 0 Å². The summed E-state index contributed by atoms with van der Waals surface area (Å²) in [5, 5.41) is 2.64. The predicted molar refractivity (Wildman–Crippen MR) is 45.6 cm³/mol. The number of carbonyl (C=O) groups excluding carboxylic acids is 1. The molecule has 12 heavy (non-hydrogen) atoms. The van der Waals surface area contributed by atoms with E-state index in [0.29, 0.717) is 19.0 Å². The number of rotatable bonds is 6. The van der Waals surface area contributed by atoms with Crippen molar-refractivity contribution in [3.63, 3.8) is 0 Å². The van der Waals surface area contributed by atoms with E-state index in [1.807, 2.05) is 0 Å². The number of nitrogens with one attached hydrogen (secondary N) is 1. The second-order valence-corrected chi connectivity index (χ2v) is 3.10. The zero-order valence-corrected chi connectivity index (χ0v) is 7.21. The van der Waals surface area contributed by atoms with Gasteiger partial charge in [0.1, 0.15) is 6.61 Å². The molecule has 1 saturated carbocycles. The van der Waals surface area contributed by atoms with Gasteiger partial charge in [-0.25, -0.2) is 0 Å². The summed E-state index contributed by atoms with van der Waals surface area (Å²) in [5.41, 5.74) is 5.21. The second-order valence-electron chi connectivity index (χ2n) is 3.10. The Morgan fingerprint density at radius 1 is 1.58 bits per heavy atom. The van der Waals surface area contributed by atoms with Crippen LogP contribution in [0.15, 0.2) is 0 Å². The van der Waals surface area contributed by atoms with Crippen molar-refractivity contribution in [2.75, 3.05) is 26.3 Å². The molecule has 1 amide bonds. The van der Waals surface area contributed by atoms with Crippen LogP contribution in [0.2, 0.25) is 0 Å². The molecule has 0 aromatic rings. The SMILES string of the molecule is NCCNC(=O)COCC1CC1. The van der Waals surface area contributed by atoms with Crippen molar-refractivity contribution in [2.24, 2.45) is 11.7 Å². The lowest BCUT2D eigenvalue weighted by Gasteiger charge is -2.03. The third-order valence-corrected chi connectivity index (χ3v) is 1.75. The van der Waals surface area contributed by atoms with E-state index < -0.39 is 0 Å². The summed E-state index contributed by atoms with van der Waals surface area (Å²) < 4.78 is 5.16. The molecule has 0 bridgehead atoms. The average molecular weight is 172 g/mol. The van der Waals surface area contributed by atoms with Gasteiger partial charge in [-0.15, -0.1) is 0 Å². The summed E-state index contributed by atoms with van der Waals surface area (Å²) in [6, 6.07) is 0. The first-order valence-corrected chi connectivity index (χ1v) is 4.37. The maximum atomic E-state index is 10.9. The van der Waals surface area contributed by atoms with Gasteiger partial charge in [-0.3, -0.25) is 4.79 Å². The van der Waals surface area contributed by atoms with E-state index in [1.54, 1.807) is 0 Å². The highest BCUT2D eigenvalue weighted by atomic mass is 16.5. The molecule has 1 rings (SSSR count). The molecule has 0 heterocycles. The van der Waals surface area contributed by atoms with Crippen molar-refractivity contribution in [1.29, 1.82) is 0 Å². The molecular formula is C8H16N2O2. The number of amides is 1. The molecule has 0 saturated heterocycles. The average Bonchev–Trinajstić information content (AvgIpc) is 2.84. The van der Waals surface area contributed by atoms with Gasteiger partial charge in [0.2, 0.25) is 5.91 Å². The van der Waals surface area contributed by atoms with Gasteiger partial charge in [-0.05, 0) is 18.8 Å². The van der Waals surface area contributed by atoms with Gasteiger partial charge in [0.15, 0.2) is 0 Å². The Morgan fingerprint density at radius 3 is 2.92 bits per heavy atom. The van der Waals surface area contributed by atoms with Crippen LogP contribution in [0, 0.1) is 5.92 Å². The molecule has 4 heteroatoms. The Labute approximate surface area is 72.5 Å². The Balaban J connectivity index is 1.86. The zero-order chi connectivity index (χ0) is 8.81. The van der Waals surface area contributed by atoms with Gasteiger partial charge in [0.05, 0.1) is 6.61 Å². The largest absolute Gasteiger partial charge is 0.371 e. The number of ether oxygens (including phenoxy) is 1. The lowest BCUT2D eigenvalue weighted by molar-refractivity contribution is -0.125. The van der Waals surface area contributed by atoms with Crippen LogP contribution in [0.5, 0.6) is 0 Å². The maximum absolute atomic E-state index is 10.9. The molecule has 70 valence electrons. The van der Waals surface area contributed by atoms with Crippen LogP contribution in [0.25, 0.3) is 0 Å². The van der Waals surface area contributed by atoms with Crippen molar-refractivity contribution >= 4 is 5.91 Å². The molecule has 0 aromatic carbocycles. The van der Waals surface area contributed by atoms with Crippen molar-refractivity contribution in [3.8, 4) is 0 Å². The standard InChI is InChI=1S/C8H16N2O2/c9-3-4-10-8(11)6-12-5-7-1-2-7/h7H,1-6,9H2,(H,10,11). The molecule has 0 aromatic heterocycles. The number of hydrogen-bond donors (Lipinski definition) is 2. The fraction of sp³-hybridized carbons (Fsp3) is 0.875. The van der Waals surface area contributed by atoms with Gasteiger partial charge in [0.25, 0.3) is 0 Å². The first kappa shape index (κ1) is 9.48. The molecule has 0 radical (unpaired) electrons. The number of carbonyl (C=O) groups is 1. The maximum Gasteiger partial charge on any atom is 0.246 e. The van der Waals surface area contributed by atoms with E-state index in [2.05, 4.69) is 5.32 Å². The van der Waals surface area contributed by atoms with Crippen molar-refractivity contribution in [1.82, 2.24) is 5.32 Å². The summed E-state index contributed by atoms with van der Waals surface area (Å²) in [7, 11) is 0. The van der Waals surface area contributed by atoms with E-state index in [1.165, 1.54) is 12.8 Å². The quantitative estimate of drug-likeness (QED) is 0.567. The fourth-order valence-electron chi connectivity index (χ4n) is 0.865. The Bertz CT molecular complexity index is 146. The first-order valence-electron chi connectivity index (χ1n) is 4.37. The summed E-state index contributed by atoms with van der Waals surface area (Å²) in [4.78, 5) is 10.9. The van der Waals surface area contributed by atoms with Crippen LogP contribution in [-0.2, 0) is 9.53 Å². The summed E-state index contributed by atoms with van der Waals surface area (Å²) in [6.45, 7) is 1.92. The molecule has 4 nitrogen and oxygen atoms in total. The minimum Gasteiger partial charge on any atom is -0.371 e. The predicted octanol–water partition coefficient (Wildman–Crippen LogP) is -0.512. The summed E-state index contributed by atoms with van der Waals surface area (Å²) in [5.74, 6) is 0.647. The van der Waals surface area contributed by atoms with Crippen molar-refractivity contribution < 1.29 is 9.53 Å². The third kappa shape index (κ3) is 4.31. The van der Waals surface area contributed by atoms with Gasteiger partial charge in [-0.1, -0.05) is 0 Å². The van der Waals surface area contributed by atoms with E-state index in [4.69, 9.17) is 10.5 Å². The lowest BCUT2D eigenvalue weighted by atomic mass is 10.5. The van der Waals surface area contributed by atoms with Crippen LogP contribution in [-0.4, -0.2) is 32.2 Å². The number of nitrogens with two attached hydrogens (primary N) is 1. The summed E-state index contributed by atoms with van der Waals surface area (Å²) in [6.07, 6.45) is 2.51. The minimum atomic E-state index is -0.0684. The van der Waals surface area contributed by atoms with E-state index in [-0.39, 0.29) is 12.5 Å². The molecular weight excluding hydrogens is 156 g/mol. The van der Waals surface area contributed by atoms with Crippen LogP contribution >= 0.6 is 0 Å². The van der Waals surface area contributed by atoms with Crippen molar-refractivity contribution in [3.05, 3.63) is 0 Å². The lowest BCUT2D eigenvalue weighted by Crippen LogP contribution is -2.32. The highest BCUT2D eigenvalue weighted by Gasteiger charge is 2.21. The normalized spacial score (nSPS) is 16.1. The molecule has 0 atom stereocenters. The third-order valence-electron chi connectivity index (χ3n) is 1.75. The van der Waals surface area contributed by atoms with Crippen LogP contribution in [0.1, 0.15) is 12.8 Å². The topological polar surface area (TPSA) is 64.3 Å². The molecule has 0 aliphatic heterocycles. The van der Waals surface area contributed by atoms with Gasteiger partial charge < -0.3 is 15.8 Å². The second kappa shape index (κ2) is 5.11. The van der Waals surface area contributed by atoms with Gasteiger partial charge in [0, 0.05) is 13.1 Å². The van der Waals surface area contributed by atoms with Gasteiger partial charge >= 0.3 is 0 Å². The molecule has 0 spiro atoms. The molecule has 3 N–H and O–H groups in total. The Kier molecular flexibility index (Phi) is 4.04. The van der Waals surface area contributed by atoms with E-state index in [9.17, 15) is 4.79 Å². The Morgan fingerprint density at radius 2 is 2.33 bits per heavy atom. The van der Waals surface area contributed by atoms with Gasteiger partial charge in [-0.2, -0.15) is 0 Å².